The summed E-state index contributed by atoms with van der Waals surface area (Å²) in [5, 5.41) is 6.66. The molecule has 1 aromatic carbocycles. The Morgan fingerprint density at radius 1 is 1.04 bits per heavy atom. The van der Waals surface area contributed by atoms with E-state index in [-0.39, 0.29) is 17.7 Å². The summed E-state index contributed by atoms with van der Waals surface area (Å²) in [7, 11) is 1.92. The van der Waals surface area contributed by atoms with E-state index < -0.39 is 0 Å². The van der Waals surface area contributed by atoms with Crippen molar-refractivity contribution in [3.63, 3.8) is 0 Å². The molecule has 146 valence electrons. The van der Waals surface area contributed by atoms with Crippen LogP contribution in [0.25, 0.3) is 0 Å². The van der Waals surface area contributed by atoms with Crippen molar-refractivity contribution >= 4 is 17.5 Å². The Balaban J connectivity index is 1.40. The third-order valence-electron chi connectivity index (χ3n) is 6.67. The number of piperidine rings is 1. The standard InChI is InChI=1S/C22H31N3O2/c1-25(20-13-18-10-11-19(14-20)23-18)22(27)16-8-5-9-17(12-16)24-21(26)15-6-3-2-4-7-15/h5,8-9,12,15,18-20,23H,2-4,6-7,10-11,13-14H2,1H3,(H,24,26). The molecule has 5 heteroatoms. The van der Waals surface area contributed by atoms with E-state index in [9.17, 15) is 9.59 Å². The van der Waals surface area contributed by atoms with Crippen molar-refractivity contribution in [3.05, 3.63) is 29.8 Å². The molecule has 2 saturated heterocycles. The topological polar surface area (TPSA) is 61.4 Å². The van der Waals surface area contributed by atoms with Crippen molar-refractivity contribution in [1.82, 2.24) is 10.2 Å². The van der Waals surface area contributed by atoms with Gasteiger partial charge in [-0.15, -0.1) is 0 Å². The van der Waals surface area contributed by atoms with Gasteiger partial charge in [0.25, 0.3) is 5.91 Å². The minimum atomic E-state index is 0.0510. The first-order chi connectivity index (χ1) is 13.1. The molecule has 1 saturated carbocycles. The first-order valence-electron chi connectivity index (χ1n) is 10.5. The first kappa shape index (κ1) is 18.5. The molecule has 2 aliphatic heterocycles. The van der Waals surface area contributed by atoms with Crippen LogP contribution in [0.5, 0.6) is 0 Å². The summed E-state index contributed by atoms with van der Waals surface area (Å²) in [6.07, 6.45) is 10.00. The third kappa shape index (κ3) is 4.18. The predicted molar refractivity (Wildman–Crippen MR) is 107 cm³/mol. The minimum Gasteiger partial charge on any atom is -0.339 e. The molecule has 2 heterocycles. The van der Waals surface area contributed by atoms with Gasteiger partial charge in [0, 0.05) is 42.3 Å². The molecular weight excluding hydrogens is 338 g/mol. The molecule has 3 fully saturated rings. The van der Waals surface area contributed by atoms with Gasteiger partial charge in [0.1, 0.15) is 0 Å². The quantitative estimate of drug-likeness (QED) is 0.853. The van der Waals surface area contributed by atoms with Gasteiger partial charge in [0.05, 0.1) is 0 Å². The van der Waals surface area contributed by atoms with Crippen molar-refractivity contribution < 1.29 is 9.59 Å². The van der Waals surface area contributed by atoms with Crippen LogP contribution < -0.4 is 10.6 Å². The average Bonchev–Trinajstić information content (AvgIpc) is 3.05. The summed E-state index contributed by atoms with van der Waals surface area (Å²) in [5.41, 5.74) is 1.39. The van der Waals surface area contributed by atoms with Gasteiger partial charge in [-0.1, -0.05) is 25.3 Å². The zero-order valence-electron chi connectivity index (χ0n) is 16.2. The lowest BCUT2D eigenvalue weighted by Gasteiger charge is -2.35. The van der Waals surface area contributed by atoms with Gasteiger partial charge in [-0.25, -0.2) is 0 Å². The molecule has 2 bridgehead atoms. The van der Waals surface area contributed by atoms with Crippen LogP contribution in [0.2, 0.25) is 0 Å². The fraction of sp³-hybridized carbons (Fsp3) is 0.636. The molecule has 2 atom stereocenters. The summed E-state index contributed by atoms with van der Waals surface area (Å²) in [4.78, 5) is 27.4. The number of anilines is 1. The highest BCUT2D eigenvalue weighted by molar-refractivity contribution is 5.97. The maximum atomic E-state index is 13.0. The summed E-state index contributed by atoms with van der Waals surface area (Å²) >= 11 is 0. The molecule has 27 heavy (non-hydrogen) atoms. The van der Waals surface area contributed by atoms with E-state index in [1.807, 2.05) is 36.2 Å². The number of amides is 2. The number of carbonyl (C=O) groups is 2. The molecule has 1 aliphatic carbocycles. The zero-order chi connectivity index (χ0) is 18.8. The van der Waals surface area contributed by atoms with Crippen molar-refractivity contribution in [2.45, 2.75) is 75.9 Å². The van der Waals surface area contributed by atoms with Crippen LogP contribution in [-0.4, -0.2) is 41.9 Å². The highest BCUT2D eigenvalue weighted by Gasteiger charge is 2.36. The van der Waals surface area contributed by atoms with Crippen molar-refractivity contribution in [1.29, 1.82) is 0 Å². The molecule has 0 aromatic heterocycles. The van der Waals surface area contributed by atoms with E-state index in [4.69, 9.17) is 0 Å². The Labute approximate surface area is 161 Å². The fourth-order valence-electron chi connectivity index (χ4n) is 5.05. The van der Waals surface area contributed by atoms with E-state index in [1.165, 1.54) is 19.3 Å². The van der Waals surface area contributed by atoms with Crippen LogP contribution in [0.15, 0.2) is 24.3 Å². The number of fused-ring (bicyclic) bond motifs is 2. The van der Waals surface area contributed by atoms with Crippen molar-refractivity contribution in [3.8, 4) is 0 Å². The molecule has 2 N–H and O–H groups in total. The maximum absolute atomic E-state index is 13.0. The third-order valence-corrected chi connectivity index (χ3v) is 6.67. The van der Waals surface area contributed by atoms with Crippen LogP contribution >= 0.6 is 0 Å². The van der Waals surface area contributed by atoms with Gasteiger partial charge in [0.2, 0.25) is 5.91 Å². The summed E-state index contributed by atoms with van der Waals surface area (Å²) < 4.78 is 0. The van der Waals surface area contributed by atoms with Crippen LogP contribution in [0.1, 0.15) is 68.1 Å². The Bertz CT molecular complexity index is 687. The Morgan fingerprint density at radius 2 is 1.74 bits per heavy atom. The summed E-state index contributed by atoms with van der Waals surface area (Å²) in [5.74, 6) is 0.267. The van der Waals surface area contributed by atoms with Crippen molar-refractivity contribution in [2.24, 2.45) is 5.92 Å². The van der Waals surface area contributed by atoms with Crippen LogP contribution in [0.4, 0.5) is 5.69 Å². The molecule has 5 nitrogen and oxygen atoms in total. The lowest BCUT2D eigenvalue weighted by molar-refractivity contribution is -0.120. The minimum absolute atomic E-state index is 0.0510. The molecular formula is C22H31N3O2. The second-order valence-electron chi connectivity index (χ2n) is 8.58. The molecule has 4 rings (SSSR count). The Kier molecular flexibility index (Phi) is 5.48. The van der Waals surface area contributed by atoms with E-state index in [2.05, 4.69) is 10.6 Å². The zero-order valence-corrected chi connectivity index (χ0v) is 16.2. The lowest BCUT2D eigenvalue weighted by atomic mass is 9.88. The monoisotopic (exact) mass is 369 g/mol. The van der Waals surface area contributed by atoms with Gasteiger partial charge < -0.3 is 15.5 Å². The number of carbonyl (C=O) groups excluding carboxylic acids is 2. The van der Waals surface area contributed by atoms with Crippen LogP contribution in [0, 0.1) is 5.92 Å². The molecule has 3 aliphatic rings. The van der Waals surface area contributed by atoms with E-state index in [0.717, 1.165) is 44.2 Å². The second-order valence-corrected chi connectivity index (χ2v) is 8.58. The van der Waals surface area contributed by atoms with Crippen LogP contribution in [0.3, 0.4) is 0 Å². The number of rotatable bonds is 4. The SMILES string of the molecule is CN(C(=O)c1cccc(NC(=O)C2CCCCC2)c1)C1CC2CCC(C1)N2. The number of nitrogens with zero attached hydrogens (tertiary/aromatic N) is 1. The van der Waals surface area contributed by atoms with Gasteiger partial charge in [0.15, 0.2) is 0 Å². The first-order valence-corrected chi connectivity index (χ1v) is 10.5. The van der Waals surface area contributed by atoms with Gasteiger partial charge in [-0.2, -0.15) is 0 Å². The van der Waals surface area contributed by atoms with Crippen LogP contribution in [-0.2, 0) is 4.79 Å². The van der Waals surface area contributed by atoms with E-state index >= 15 is 0 Å². The normalized spacial score (nSPS) is 28.0. The summed E-state index contributed by atoms with van der Waals surface area (Å²) in [6.45, 7) is 0. The van der Waals surface area contributed by atoms with E-state index in [0.29, 0.717) is 23.7 Å². The molecule has 2 amide bonds. The predicted octanol–water partition coefficient (Wildman–Crippen LogP) is 3.56. The average molecular weight is 370 g/mol. The Morgan fingerprint density at radius 3 is 2.44 bits per heavy atom. The van der Waals surface area contributed by atoms with Crippen molar-refractivity contribution in [2.75, 3.05) is 12.4 Å². The largest absolute Gasteiger partial charge is 0.339 e. The second kappa shape index (κ2) is 8.01. The molecule has 0 spiro atoms. The van der Waals surface area contributed by atoms with Gasteiger partial charge >= 0.3 is 0 Å². The number of hydrogen-bond donors (Lipinski definition) is 2. The highest BCUT2D eigenvalue weighted by atomic mass is 16.2. The fourth-order valence-corrected chi connectivity index (χ4v) is 5.05. The van der Waals surface area contributed by atoms with Gasteiger partial charge in [-0.05, 0) is 56.7 Å². The maximum Gasteiger partial charge on any atom is 0.253 e. The molecule has 1 aromatic rings. The smallest absolute Gasteiger partial charge is 0.253 e. The van der Waals surface area contributed by atoms with Gasteiger partial charge in [-0.3, -0.25) is 9.59 Å². The number of nitrogens with one attached hydrogen (secondary N) is 2. The molecule has 2 unspecified atom stereocenters. The van der Waals surface area contributed by atoms with E-state index in [1.54, 1.807) is 0 Å². The highest BCUT2D eigenvalue weighted by Crippen LogP contribution is 2.30. The summed E-state index contributed by atoms with van der Waals surface area (Å²) in [6, 6.07) is 8.85. The lowest BCUT2D eigenvalue weighted by Crippen LogP contribution is -2.48. The Hall–Kier alpha value is -1.88. The molecule has 0 radical (unpaired) electrons. The number of hydrogen-bond acceptors (Lipinski definition) is 3. The number of benzene rings is 1.